The molecule has 5 heteroatoms. The molecule has 0 aliphatic carbocycles. The molecule has 110 valence electrons. The number of hydrogen-bond acceptors (Lipinski definition) is 4. The van der Waals surface area contributed by atoms with Crippen LogP contribution in [0.4, 0.5) is 4.79 Å². The first-order valence-electron chi connectivity index (χ1n) is 6.93. The molecule has 1 aliphatic rings. The zero-order valence-electron chi connectivity index (χ0n) is 12.4. The Morgan fingerprint density at radius 3 is 2.42 bits per heavy atom. The summed E-state index contributed by atoms with van der Waals surface area (Å²) in [4.78, 5) is 25.2. The van der Waals surface area contributed by atoms with Gasteiger partial charge in [0, 0.05) is 0 Å². The van der Waals surface area contributed by atoms with Crippen molar-refractivity contribution in [2.45, 2.75) is 53.2 Å². The predicted octanol–water partition coefficient (Wildman–Crippen LogP) is 2.03. The van der Waals surface area contributed by atoms with E-state index in [0.29, 0.717) is 12.3 Å². The number of amides is 2. The van der Waals surface area contributed by atoms with Crippen LogP contribution in [-0.4, -0.2) is 40.8 Å². The summed E-state index contributed by atoms with van der Waals surface area (Å²) in [6.07, 6.45) is -0.775. The Morgan fingerprint density at radius 2 is 1.95 bits per heavy atom. The van der Waals surface area contributed by atoms with E-state index < -0.39 is 18.1 Å². The second-order valence-electron chi connectivity index (χ2n) is 6.08. The minimum Gasteiger partial charge on any atom is -0.447 e. The number of nitrogens with zero attached hydrogens (tertiary/aromatic N) is 1. The summed E-state index contributed by atoms with van der Waals surface area (Å²) in [6, 6.07) is -0.228. The van der Waals surface area contributed by atoms with Gasteiger partial charge in [-0.15, -0.1) is 0 Å². The maximum absolute atomic E-state index is 12.4. The third kappa shape index (κ3) is 3.69. The lowest BCUT2D eigenvalue weighted by Crippen LogP contribution is -2.46. The van der Waals surface area contributed by atoms with Gasteiger partial charge in [0.1, 0.15) is 6.61 Å². The highest BCUT2D eigenvalue weighted by Crippen LogP contribution is 2.24. The SMILES string of the molecule is CC(C)C[C@H](O)[C@H](C)C(=O)N1C(=O)OC[C@@H]1C(C)C. The normalized spacial score (nSPS) is 22.8. The van der Waals surface area contributed by atoms with Gasteiger partial charge in [0.05, 0.1) is 18.1 Å². The molecule has 1 saturated heterocycles. The van der Waals surface area contributed by atoms with E-state index in [9.17, 15) is 14.7 Å². The van der Waals surface area contributed by atoms with Crippen molar-refractivity contribution in [3.63, 3.8) is 0 Å². The van der Waals surface area contributed by atoms with Crippen LogP contribution in [0.15, 0.2) is 0 Å². The Labute approximate surface area is 114 Å². The number of aliphatic hydroxyl groups is 1. The fraction of sp³-hybridized carbons (Fsp3) is 0.857. The van der Waals surface area contributed by atoms with Gasteiger partial charge in [-0.3, -0.25) is 4.79 Å². The van der Waals surface area contributed by atoms with Gasteiger partial charge in [-0.2, -0.15) is 0 Å². The number of rotatable bonds is 5. The van der Waals surface area contributed by atoms with Crippen molar-refractivity contribution in [2.24, 2.45) is 17.8 Å². The van der Waals surface area contributed by atoms with Crippen LogP contribution in [0.3, 0.4) is 0 Å². The summed E-state index contributed by atoms with van der Waals surface area (Å²) in [7, 11) is 0. The summed E-state index contributed by atoms with van der Waals surface area (Å²) < 4.78 is 4.96. The smallest absolute Gasteiger partial charge is 0.416 e. The first-order valence-corrected chi connectivity index (χ1v) is 6.93. The molecule has 1 fully saturated rings. The third-order valence-corrected chi connectivity index (χ3v) is 3.59. The number of aliphatic hydroxyl groups excluding tert-OH is 1. The summed E-state index contributed by atoms with van der Waals surface area (Å²) in [6.45, 7) is 9.78. The number of ether oxygens (including phenoxy) is 1. The molecule has 0 spiro atoms. The molecule has 0 bridgehead atoms. The molecule has 1 aliphatic heterocycles. The second kappa shape index (κ2) is 6.37. The van der Waals surface area contributed by atoms with Crippen molar-refractivity contribution in [3.05, 3.63) is 0 Å². The lowest BCUT2D eigenvalue weighted by Gasteiger charge is -2.27. The van der Waals surface area contributed by atoms with Crippen molar-refractivity contribution in [2.75, 3.05) is 6.61 Å². The molecule has 1 heterocycles. The summed E-state index contributed by atoms with van der Waals surface area (Å²) >= 11 is 0. The Morgan fingerprint density at radius 1 is 1.37 bits per heavy atom. The maximum Gasteiger partial charge on any atom is 0.416 e. The lowest BCUT2D eigenvalue weighted by molar-refractivity contribution is -0.137. The second-order valence-corrected chi connectivity index (χ2v) is 6.08. The van der Waals surface area contributed by atoms with Crippen molar-refractivity contribution in [1.29, 1.82) is 0 Å². The van der Waals surface area contributed by atoms with E-state index in [0.717, 1.165) is 0 Å². The molecule has 0 aromatic rings. The largest absolute Gasteiger partial charge is 0.447 e. The van der Waals surface area contributed by atoms with Crippen LogP contribution in [0.25, 0.3) is 0 Å². The fourth-order valence-corrected chi connectivity index (χ4v) is 2.25. The Bertz CT molecular complexity index is 340. The molecule has 5 nitrogen and oxygen atoms in total. The van der Waals surface area contributed by atoms with E-state index in [4.69, 9.17) is 4.74 Å². The van der Waals surface area contributed by atoms with Gasteiger partial charge in [-0.25, -0.2) is 9.69 Å². The molecule has 0 unspecified atom stereocenters. The topological polar surface area (TPSA) is 66.8 Å². The Hall–Kier alpha value is -1.10. The maximum atomic E-state index is 12.4. The monoisotopic (exact) mass is 271 g/mol. The quantitative estimate of drug-likeness (QED) is 0.831. The highest BCUT2D eigenvalue weighted by Gasteiger charge is 2.42. The summed E-state index contributed by atoms with van der Waals surface area (Å²) in [5, 5.41) is 10.0. The molecular weight excluding hydrogens is 246 g/mol. The molecule has 0 aromatic heterocycles. The van der Waals surface area contributed by atoms with E-state index in [2.05, 4.69) is 0 Å². The van der Waals surface area contributed by atoms with Crippen molar-refractivity contribution in [1.82, 2.24) is 4.90 Å². The standard InChI is InChI=1S/C14H25NO4/c1-8(2)6-12(16)10(5)13(17)15-11(9(3)4)7-19-14(15)18/h8-12,16H,6-7H2,1-5H3/t10-,11+,12-/m0/s1. The average molecular weight is 271 g/mol. The average Bonchev–Trinajstić information content (AvgIpc) is 2.68. The van der Waals surface area contributed by atoms with E-state index in [1.165, 1.54) is 4.90 Å². The molecule has 19 heavy (non-hydrogen) atoms. The van der Waals surface area contributed by atoms with Gasteiger partial charge in [-0.05, 0) is 18.3 Å². The zero-order chi connectivity index (χ0) is 14.7. The van der Waals surface area contributed by atoms with Gasteiger partial charge in [-0.1, -0.05) is 34.6 Å². The van der Waals surface area contributed by atoms with Gasteiger partial charge >= 0.3 is 6.09 Å². The van der Waals surface area contributed by atoms with E-state index >= 15 is 0 Å². The van der Waals surface area contributed by atoms with Crippen LogP contribution in [0.5, 0.6) is 0 Å². The van der Waals surface area contributed by atoms with Crippen LogP contribution in [0, 0.1) is 17.8 Å². The molecular formula is C14H25NO4. The first kappa shape index (κ1) is 16.0. The van der Waals surface area contributed by atoms with Crippen LogP contribution in [-0.2, 0) is 9.53 Å². The van der Waals surface area contributed by atoms with E-state index in [1.807, 2.05) is 27.7 Å². The Kier molecular flexibility index (Phi) is 5.35. The minimum atomic E-state index is -0.728. The van der Waals surface area contributed by atoms with Crippen molar-refractivity contribution < 1.29 is 19.4 Å². The van der Waals surface area contributed by atoms with Crippen molar-refractivity contribution >= 4 is 12.0 Å². The number of imide groups is 1. The van der Waals surface area contributed by atoms with Crippen LogP contribution < -0.4 is 0 Å². The first-order chi connectivity index (χ1) is 8.75. The van der Waals surface area contributed by atoms with Crippen LogP contribution in [0.2, 0.25) is 0 Å². The summed E-state index contributed by atoms with van der Waals surface area (Å²) in [5.74, 6) is -0.481. The van der Waals surface area contributed by atoms with E-state index in [1.54, 1.807) is 6.92 Å². The molecule has 0 saturated carbocycles. The number of carbonyl (C=O) groups is 2. The van der Waals surface area contributed by atoms with Gasteiger partial charge in [0.25, 0.3) is 0 Å². The lowest BCUT2D eigenvalue weighted by atomic mass is 9.94. The minimum absolute atomic E-state index is 0.143. The Balaban J connectivity index is 2.77. The zero-order valence-corrected chi connectivity index (χ0v) is 12.4. The number of cyclic esters (lactones) is 1. The van der Waals surface area contributed by atoms with E-state index in [-0.39, 0.29) is 24.5 Å². The molecule has 0 aromatic carbocycles. The van der Waals surface area contributed by atoms with Gasteiger partial charge < -0.3 is 9.84 Å². The van der Waals surface area contributed by atoms with Crippen LogP contribution >= 0.6 is 0 Å². The number of carbonyl (C=O) groups excluding carboxylic acids is 2. The van der Waals surface area contributed by atoms with Crippen LogP contribution in [0.1, 0.15) is 41.0 Å². The highest BCUT2D eigenvalue weighted by atomic mass is 16.6. The summed E-state index contributed by atoms with van der Waals surface area (Å²) in [5.41, 5.74) is 0. The molecule has 3 atom stereocenters. The molecule has 2 amide bonds. The van der Waals surface area contributed by atoms with Gasteiger partial charge in [0.15, 0.2) is 0 Å². The predicted molar refractivity (Wildman–Crippen MR) is 71.4 cm³/mol. The highest BCUT2D eigenvalue weighted by molar-refractivity contribution is 5.94. The molecule has 0 radical (unpaired) electrons. The molecule has 1 N–H and O–H groups in total. The van der Waals surface area contributed by atoms with Gasteiger partial charge in [0.2, 0.25) is 5.91 Å². The van der Waals surface area contributed by atoms with Crippen molar-refractivity contribution in [3.8, 4) is 0 Å². The third-order valence-electron chi connectivity index (χ3n) is 3.59. The fourth-order valence-electron chi connectivity index (χ4n) is 2.25. The number of hydrogen-bond donors (Lipinski definition) is 1. The molecule has 1 rings (SSSR count).